The molecule has 6 heteroatoms. The lowest BCUT2D eigenvalue weighted by atomic mass is 9.97. The Hall–Kier alpha value is -4.35. The lowest BCUT2D eigenvalue weighted by Gasteiger charge is -2.26. The Morgan fingerprint density at radius 1 is 0.872 bits per heavy atom. The van der Waals surface area contributed by atoms with Gasteiger partial charge in [0.2, 0.25) is 5.76 Å². The van der Waals surface area contributed by atoms with Crippen LogP contribution in [-0.2, 0) is 13.2 Å². The van der Waals surface area contributed by atoms with E-state index in [1.54, 1.807) is 11.0 Å². The Morgan fingerprint density at radius 3 is 2.41 bits per heavy atom. The Kier molecular flexibility index (Phi) is 6.45. The summed E-state index contributed by atoms with van der Waals surface area (Å²) in [6, 6.07) is 27.9. The Morgan fingerprint density at radius 2 is 1.62 bits per heavy atom. The average Bonchev–Trinajstić information content (AvgIpc) is 3.22. The van der Waals surface area contributed by atoms with Crippen molar-refractivity contribution in [1.82, 2.24) is 4.90 Å². The number of halogens is 1. The third-order valence-corrected chi connectivity index (χ3v) is 7.67. The zero-order chi connectivity index (χ0) is 27.1. The highest BCUT2D eigenvalue weighted by Gasteiger charge is 2.43. The quantitative estimate of drug-likeness (QED) is 0.227. The Balaban J connectivity index is 1.47. The molecule has 1 aromatic heterocycles. The molecule has 1 aliphatic rings. The monoisotopic (exact) mass is 535 g/mol. The number of carbonyl (C=O) groups is 1. The molecule has 5 nitrogen and oxygen atoms in total. The van der Waals surface area contributed by atoms with E-state index in [0.717, 1.165) is 27.8 Å². The van der Waals surface area contributed by atoms with Gasteiger partial charge in [-0.05, 0) is 72.0 Å². The molecule has 4 aromatic carbocycles. The minimum Gasteiger partial charge on any atom is -0.489 e. The maximum Gasteiger partial charge on any atom is 0.291 e. The average molecular weight is 536 g/mol. The molecule has 0 radical (unpaired) electrons. The van der Waals surface area contributed by atoms with Gasteiger partial charge in [0.05, 0.1) is 17.0 Å². The van der Waals surface area contributed by atoms with Gasteiger partial charge in [-0.3, -0.25) is 9.59 Å². The van der Waals surface area contributed by atoms with Crippen LogP contribution in [0.3, 0.4) is 0 Å². The minimum atomic E-state index is -0.661. The summed E-state index contributed by atoms with van der Waals surface area (Å²) in [7, 11) is 0. The van der Waals surface area contributed by atoms with Crippen LogP contribution in [0.15, 0.2) is 100 Å². The van der Waals surface area contributed by atoms with Gasteiger partial charge in [0.1, 0.15) is 17.9 Å². The fourth-order valence-corrected chi connectivity index (χ4v) is 5.31. The molecule has 1 unspecified atom stereocenters. The SMILES string of the molecule is Cc1cc2oc3c(c(=O)c2cc1C)C(c1cccc(OCc2ccccc2)c1)N(Cc1ccccc1Cl)C3=O. The van der Waals surface area contributed by atoms with Gasteiger partial charge in [0.15, 0.2) is 5.43 Å². The number of nitrogens with zero attached hydrogens (tertiary/aromatic N) is 1. The van der Waals surface area contributed by atoms with Gasteiger partial charge in [-0.1, -0.05) is 72.3 Å². The molecule has 194 valence electrons. The third kappa shape index (κ3) is 4.59. The van der Waals surface area contributed by atoms with Crippen LogP contribution in [0.25, 0.3) is 11.0 Å². The molecule has 2 heterocycles. The van der Waals surface area contributed by atoms with Gasteiger partial charge in [-0.25, -0.2) is 0 Å². The molecule has 0 fully saturated rings. The first-order valence-electron chi connectivity index (χ1n) is 12.8. The molecule has 39 heavy (non-hydrogen) atoms. The predicted octanol–water partition coefficient (Wildman–Crippen LogP) is 7.39. The molecule has 0 bridgehead atoms. The van der Waals surface area contributed by atoms with Crippen molar-refractivity contribution in [2.24, 2.45) is 0 Å². The molecular formula is C33H26ClNO4. The molecule has 5 aromatic rings. The van der Waals surface area contributed by atoms with Crippen molar-refractivity contribution >= 4 is 28.5 Å². The zero-order valence-electron chi connectivity index (χ0n) is 21.6. The number of hydrogen-bond donors (Lipinski definition) is 0. The standard InChI is InChI=1S/C33H26ClNO4/c1-20-15-26-28(16-21(20)2)39-32-29(31(26)36)30(35(33(32)37)18-24-11-6-7-14-27(24)34)23-12-8-13-25(17-23)38-19-22-9-4-3-5-10-22/h3-17,30H,18-19H2,1-2H3. The summed E-state index contributed by atoms with van der Waals surface area (Å²) < 4.78 is 12.2. The van der Waals surface area contributed by atoms with Crippen LogP contribution >= 0.6 is 11.6 Å². The van der Waals surface area contributed by atoms with E-state index in [1.807, 2.05) is 98.8 Å². The van der Waals surface area contributed by atoms with Crippen molar-refractivity contribution in [1.29, 1.82) is 0 Å². The lowest BCUT2D eigenvalue weighted by molar-refractivity contribution is 0.0714. The second-order valence-corrected chi connectivity index (χ2v) is 10.3. The number of carbonyl (C=O) groups excluding carboxylic acids is 1. The summed E-state index contributed by atoms with van der Waals surface area (Å²) in [4.78, 5) is 29.5. The Labute approximate surface area is 231 Å². The summed E-state index contributed by atoms with van der Waals surface area (Å²) in [6.45, 7) is 4.54. The maximum atomic E-state index is 14.0. The highest BCUT2D eigenvalue weighted by molar-refractivity contribution is 6.31. The highest BCUT2D eigenvalue weighted by Crippen LogP contribution is 2.40. The largest absolute Gasteiger partial charge is 0.489 e. The van der Waals surface area contributed by atoms with Crippen molar-refractivity contribution in [3.8, 4) is 5.75 Å². The topological polar surface area (TPSA) is 59.8 Å². The molecule has 0 N–H and O–H groups in total. The summed E-state index contributed by atoms with van der Waals surface area (Å²) >= 11 is 6.49. The van der Waals surface area contributed by atoms with E-state index in [-0.39, 0.29) is 23.6 Å². The molecule has 1 amide bonds. The number of benzene rings is 4. The molecule has 6 rings (SSSR count). The molecule has 0 spiro atoms. The van der Waals surface area contributed by atoms with Gasteiger partial charge in [0.25, 0.3) is 5.91 Å². The molecule has 0 aliphatic carbocycles. The second-order valence-electron chi connectivity index (χ2n) is 9.88. The van der Waals surface area contributed by atoms with Crippen molar-refractivity contribution in [3.05, 3.63) is 145 Å². The maximum absolute atomic E-state index is 14.0. The highest BCUT2D eigenvalue weighted by atomic mass is 35.5. The van der Waals surface area contributed by atoms with E-state index in [2.05, 4.69) is 0 Å². The number of hydrogen-bond acceptors (Lipinski definition) is 4. The smallest absolute Gasteiger partial charge is 0.291 e. The van der Waals surface area contributed by atoms with Gasteiger partial charge in [0, 0.05) is 11.6 Å². The van der Waals surface area contributed by atoms with Gasteiger partial charge < -0.3 is 14.1 Å². The van der Waals surface area contributed by atoms with E-state index >= 15 is 0 Å². The number of rotatable bonds is 6. The van der Waals surface area contributed by atoms with Gasteiger partial charge in [-0.2, -0.15) is 0 Å². The van der Waals surface area contributed by atoms with Crippen molar-refractivity contribution in [3.63, 3.8) is 0 Å². The molecular weight excluding hydrogens is 510 g/mol. The van der Waals surface area contributed by atoms with E-state index in [9.17, 15) is 9.59 Å². The van der Waals surface area contributed by atoms with Crippen LogP contribution in [0, 0.1) is 13.8 Å². The second kappa shape index (κ2) is 10.1. The molecule has 1 atom stereocenters. The normalized spacial score (nSPS) is 14.6. The van der Waals surface area contributed by atoms with E-state index in [1.165, 1.54) is 0 Å². The summed E-state index contributed by atoms with van der Waals surface area (Å²) in [5, 5.41) is 1.02. The minimum absolute atomic E-state index is 0.0726. The van der Waals surface area contributed by atoms with Crippen LogP contribution in [0.4, 0.5) is 0 Å². The molecule has 0 saturated carbocycles. The van der Waals surface area contributed by atoms with E-state index in [0.29, 0.717) is 33.9 Å². The van der Waals surface area contributed by atoms with Gasteiger partial charge in [-0.15, -0.1) is 0 Å². The van der Waals surface area contributed by atoms with Crippen LogP contribution in [0.2, 0.25) is 5.02 Å². The number of ether oxygens (including phenoxy) is 1. The fraction of sp³-hybridized carbons (Fsp3) is 0.152. The number of fused-ring (bicyclic) bond motifs is 2. The Bertz CT molecular complexity index is 1780. The summed E-state index contributed by atoms with van der Waals surface area (Å²) in [6.07, 6.45) is 0. The summed E-state index contributed by atoms with van der Waals surface area (Å²) in [5.41, 5.74) is 5.10. The van der Waals surface area contributed by atoms with Crippen LogP contribution in [-0.4, -0.2) is 10.8 Å². The third-order valence-electron chi connectivity index (χ3n) is 7.30. The first kappa shape index (κ1) is 25.0. The van der Waals surface area contributed by atoms with Gasteiger partial charge >= 0.3 is 0 Å². The molecule has 1 aliphatic heterocycles. The number of aryl methyl sites for hydroxylation is 2. The van der Waals surface area contributed by atoms with Crippen molar-refractivity contribution < 1.29 is 13.9 Å². The van der Waals surface area contributed by atoms with Crippen LogP contribution in [0.1, 0.15) is 50.0 Å². The number of amides is 1. The first-order chi connectivity index (χ1) is 18.9. The van der Waals surface area contributed by atoms with E-state index < -0.39 is 6.04 Å². The van der Waals surface area contributed by atoms with E-state index in [4.69, 9.17) is 20.8 Å². The van der Waals surface area contributed by atoms with Crippen LogP contribution < -0.4 is 10.2 Å². The first-order valence-corrected chi connectivity index (χ1v) is 13.2. The lowest BCUT2D eigenvalue weighted by Crippen LogP contribution is -2.29. The predicted molar refractivity (Wildman–Crippen MR) is 152 cm³/mol. The zero-order valence-corrected chi connectivity index (χ0v) is 22.4. The summed E-state index contributed by atoms with van der Waals surface area (Å²) in [5.74, 6) is 0.373. The van der Waals surface area contributed by atoms with Crippen LogP contribution in [0.5, 0.6) is 5.75 Å². The fourth-order valence-electron chi connectivity index (χ4n) is 5.11. The van der Waals surface area contributed by atoms with Crippen molar-refractivity contribution in [2.45, 2.75) is 33.0 Å². The molecule has 0 saturated heterocycles. The van der Waals surface area contributed by atoms with Crippen molar-refractivity contribution in [2.75, 3.05) is 0 Å².